The van der Waals surface area contributed by atoms with Gasteiger partial charge in [0.1, 0.15) is 0 Å². The van der Waals surface area contributed by atoms with E-state index in [1.807, 2.05) is 6.20 Å². The second-order valence-electron chi connectivity index (χ2n) is 4.72. The van der Waals surface area contributed by atoms with Crippen LogP contribution < -0.4 is 5.32 Å². The van der Waals surface area contributed by atoms with Crippen LogP contribution >= 0.6 is 0 Å². The van der Waals surface area contributed by atoms with Crippen LogP contribution in [-0.4, -0.2) is 16.3 Å². The van der Waals surface area contributed by atoms with Crippen molar-refractivity contribution in [1.82, 2.24) is 15.1 Å². The minimum absolute atomic E-state index is 0.953. The van der Waals surface area contributed by atoms with Crippen molar-refractivity contribution < 1.29 is 0 Å². The fourth-order valence-corrected chi connectivity index (χ4v) is 1.97. The molecule has 0 saturated carbocycles. The lowest BCUT2D eigenvalue weighted by Gasteiger charge is -2.06. The molecule has 1 aromatic rings. The third-order valence-corrected chi connectivity index (χ3v) is 3.17. The van der Waals surface area contributed by atoms with Gasteiger partial charge in [0.05, 0.1) is 6.20 Å². The molecule has 0 aromatic carbocycles. The molecule has 17 heavy (non-hydrogen) atoms. The largest absolute Gasteiger partial charge is 0.313 e. The minimum Gasteiger partial charge on any atom is -0.313 e. The maximum atomic E-state index is 4.47. The Labute approximate surface area is 106 Å². The fraction of sp³-hybridized carbons (Fsp3) is 0.786. The smallest absolute Gasteiger partial charge is 0.0537 e. The van der Waals surface area contributed by atoms with Crippen molar-refractivity contribution in [2.75, 3.05) is 6.54 Å². The van der Waals surface area contributed by atoms with Crippen molar-refractivity contribution in [2.45, 2.75) is 66.0 Å². The first-order valence-corrected chi connectivity index (χ1v) is 7.01. The first-order valence-electron chi connectivity index (χ1n) is 7.01. The van der Waals surface area contributed by atoms with Gasteiger partial charge in [-0.1, -0.05) is 33.1 Å². The molecule has 0 unspecified atom stereocenters. The Balaban J connectivity index is 2.35. The van der Waals surface area contributed by atoms with Gasteiger partial charge >= 0.3 is 0 Å². The molecular formula is C14H27N3. The maximum absolute atomic E-state index is 4.47. The minimum atomic E-state index is 0.953. The van der Waals surface area contributed by atoms with Gasteiger partial charge in [0.15, 0.2) is 0 Å². The first-order chi connectivity index (χ1) is 8.29. The van der Waals surface area contributed by atoms with Gasteiger partial charge in [-0.2, -0.15) is 5.10 Å². The first kappa shape index (κ1) is 14.2. The predicted molar refractivity (Wildman–Crippen MR) is 73.1 cm³/mol. The summed E-state index contributed by atoms with van der Waals surface area (Å²) in [6.07, 6.45) is 8.40. The SMILES string of the molecule is CCCCCCn1ncc(CNCCC)c1C. The quantitative estimate of drug-likeness (QED) is 0.668. The molecular weight excluding hydrogens is 210 g/mol. The Morgan fingerprint density at radius 1 is 1.18 bits per heavy atom. The highest BCUT2D eigenvalue weighted by atomic mass is 15.3. The number of aryl methyl sites for hydroxylation is 1. The molecule has 1 N–H and O–H groups in total. The van der Waals surface area contributed by atoms with Crippen LogP contribution in [0.4, 0.5) is 0 Å². The van der Waals surface area contributed by atoms with E-state index in [0.717, 1.165) is 19.6 Å². The maximum Gasteiger partial charge on any atom is 0.0537 e. The summed E-state index contributed by atoms with van der Waals surface area (Å²) in [5.41, 5.74) is 2.67. The number of aromatic nitrogens is 2. The molecule has 0 saturated heterocycles. The lowest BCUT2D eigenvalue weighted by atomic mass is 10.2. The van der Waals surface area contributed by atoms with E-state index >= 15 is 0 Å². The van der Waals surface area contributed by atoms with Gasteiger partial charge < -0.3 is 5.32 Å². The number of hydrogen-bond donors (Lipinski definition) is 1. The van der Waals surface area contributed by atoms with Crippen molar-refractivity contribution in [1.29, 1.82) is 0 Å². The molecule has 1 aromatic heterocycles. The number of hydrogen-bond acceptors (Lipinski definition) is 2. The lowest BCUT2D eigenvalue weighted by Crippen LogP contribution is -2.14. The van der Waals surface area contributed by atoms with E-state index in [1.165, 1.54) is 43.4 Å². The summed E-state index contributed by atoms with van der Waals surface area (Å²) in [7, 11) is 0. The number of nitrogens with one attached hydrogen (secondary N) is 1. The van der Waals surface area contributed by atoms with Crippen molar-refractivity contribution in [3.05, 3.63) is 17.5 Å². The molecule has 98 valence electrons. The molecule has 0 radical (unpaired) electrons. The van der Waals surface area contributed by atoms with Gasteiger partial charge in [0, 0.05) is 24.3 Å². The van der Waals surface area contributed by atoms with Crippen LogP contribution in [-0.2, 0) is 13.1 Å². The van der Waals surface area contributed by atoms with Crippen LogP contribution in [0.2, 0.25) is 0 Å². The standard InChI is InChI=1S/C14H27N3/c1-4-6-7-8-10-17-13(3)14(12-16-17)11-15-9-5-2/h12,15H,4-11H2,1-3H3. The number of nitrogens with zero attached hydrogens (tertiary/aromatic N) is 2. The van der Waals surface area contributed by atoms with Crippen molar-refractivity contribution in [2.24, 2.45) is 0 Å². The summed E-state index contributed by atoms with van der Waals surface area (Å²) in [6.45, 7) is 9.72. The summed E-state index contributed by atoms with van der Waals surface area (Å²) in [6, 6.07) is 0. The van der Waals surface area contributed by atoms with E-state index in [4.69, 9.17) is 0 Å². The Hall–Kier alpha value is -0.830. The Bertz CT molecular complexity index is 304. The van der Waals surface area contributed by atoms with E-state index in [0.29, 0.717) is 0 Å². The van der Waals surface area contributed by atoms with Crippen LogP contribution in [0.3, 0.4) is 0 Å². The van der Waals surface area contributed by atoms with E-state index < -0.39 is 0 Å². The zero-order valence-electron chi connectivity index (χ0n) is 11.6. The summed E-state index contributed by atoms with van der Waals surface area (Å²) in [5, 5.41) is 7.90. The average molecular weight is 237 g/mol. The molecule has 0 amide bonds. The van der Waals surface area contributed by atoms with Crippen LogP contribution in [0.5, 0.6) is 0 Å². The average Bonchev–Trinajstić information content (AvgIpc) is 2.67. The zero-order chi connectivity index (χ0) is 12.5. The highest BCUT2D eigenvalue weighted by Gasteiger charge is 2.05. The zero-order valence-corrected chi connectivity index (χ0v) is 11.6. The van der Waals surface area contributed by atoms with Crippen molar-refractivity contribution in [3.63, 3.8) is 0 Å². The molecule has 0 aliphatic rings. The van der Waals surface area contributed by atoms with E-state index in [1.54, 1.807) is 0 Å². The van der Waals surface area contributed by atoms with Gasteiger partial charge in [-0.05, 0) is 26.3 Å². The normalized spacial score (nSPS) is 11.0. The summed E-state index contributed by atoms with van der Waals surface area (Å²) in [5.74, 6) is 0. The Morgan fingerprint density at radius 3 is 2.71 bits per heavy atom. The van der Waals surface area contributed by atoms with E-state index in [-0.39, 0.29) is 0 Å². The summed E-state index contributed by atoms with van der Waals surface area (Å²) >= 11 is 0. The lowest BCUT2D eigenvalue weighted by molar-refractivity contribution is 0.530. The van der Waals surface area contributed by atoms with Gasteiger partial charge in [-0.3, -0.25) is 4.68 Å². The van der Waals surface area contributed by atoms with E-state index in [2.05, 4.69) is 35.9 Å². The molecule has 1 heterocycles. The van der Waals surface area contributed by atoms with Gasteiger partial charge in [-0.15, -0.1) is 0 Å². The molecule has 0 fully saturated rings. The van der Waals surface area contributed by atoms with E-state index in [9.17, 15) is 0 Å². The predicted octanol–water partition coefficient (Wildman–Crippen LogP) is 3.27. The molecule has 0 aliphatic carbocycles. The van der Waals surface area contributed by atoms with Crippen molar-refractivity contribution >= 4 is 0 Å². The number of rotatable bonds is 9. The van der Waals surface area contributed by atoms with Crippen LogP contribution in [0.15, 0.2) is 6.20 Å². The van der Waals surface area contributed by atoms with Crippen LogP contribution in [0, 0.1) is 6.92 Å². The highest BCUT2D eigenvalue weighted by molar-refractivity contribution is 5.15. The topological polar surface area (TPSA) is 29.9 Å². The van der Waals surface area contributed by atoms with Crippen LogP contribution in [0.1, 0.15) is 57.2 Å². The molecule has 0 atom stereocenters. The van der Waals surface area contributed by atoms with Crippen LogP contribution in [0.25, 0.3) is 0 Å². The third kappa shape index (κ3) is 4.90. The second-order valence-corrected chi connectivity index (χ2v) is 4.72. The Kier molecular flexibility index (Phi) is 6.94. The molecule has 3 heteroatoms. The summed E-state index contributed by atoms with van der Waals surface area (Å²) < 4.78 is 2.15. The van der Waals surface area contributed by atoms with Crippen molar-refractivity contribution in [3.8, 4) is 0 Å². The highest BCUT2D eigenvalue weighted by Crippen LogP contribution is 2.09. The third-order valence-electron chi connectivity index (χ3n) is 3.17. The molecule has 0 aliphatic heterocycles. The molecule has 3 nitrogen and oxygen atoms in total. The molecule has 1 rings (SSSR count). The Morgan fingerprint density at radius 2 is 2.00 bits per heavy atom. The summed E-state index contributed by atoms with van der Waals surface area (Å²) in [4.78, 5) is 0. The fourth-order valence-electron chi connectivity index (χ4n) is 1.97. The molecule has 0 spiro atoms. The van der Waals surface area contributed by atoms with Gasteiger partial charge in [0.25, 0.3) is 0 Å². The second kappa shape index (κ2) is 8.29. The van der Waals surface area contributed by atoms with Gasteiger partial charge in [0.2, 0.25) is 0 Å². The number of unbranched alkanes of at least 4 members (excludes halogenated alkanes) is 3. The molecule has 0 bridgehead atoms. The monoisotopic (exact) mass is 237 g/mol. The van der Waals surface area contributed by atoms with Gasteiger partial charge in [-0.25, -0.2) is 0 Å².